The van der Waals surface area contributed by atoms with Crippen LogP contribution in [0.5, 0.6) is 11.5 Å². The fourth-order valence-electron chi connectivity index (χ4n) is 1.76. The Balaban J connectivity index is 2.39. The van der Waals surface area contributed by atoms with Gasteiger partial charge in [0.2, 0.25) is 5.75 Å². The predicted molar refractivity (Wildman–Crippen MR) is 78.0 cm³/mol. The summed E-state index contributed by atoms with van der Waals surface area (Å²) in [5, 5.41) is 20.1. The summed E-state index contributed by atoms with van der Waals surface area (Å²) in [6.07, 6.45) is 0. The highest BCUT2D eigenvalue weighted by atomic mass is 79.9. The van der Waals surface area contributed by atoms with E-state index in [0.717, 1.165) is 5.56 Å². The summed E-state index contributed by atoms with van der Waals surface area (Å²) in [6, 6.07) is 9.90. The number of rotatable bonds is 4. The summed E-state index contributed by atoms with van der Waals surface area (Å²) in [7, 11) is 0. The van der Waals surface area contributed by atoms with Crippen LogP contribution < -0.4 is 4.74 Å². The molecular weight excluding hydrogens is 326 g/mol. The Bertz CT molecular complexity index is 640. The lowest BCUT2D eigenvalue weighted by Crippen LogP contribution is -1.96. The van der Waals surface area contributed by atoms with Crippen LogP contribution in [0, 0.1) is 17.0 Å². The molecule has 1 N–H and O–H groups in total. The first kappa shape index (κ1) is 14.5. The number of nitro groups is 1. The van der Waals surface area contributed by atoms with Gasteiger partial charge >= 0.3 is 5.69 Å². The smallest absolute Gasteiger partial charge is 0.312 e. The molecule has 2 aromatic carbocycles. The molecule has 0 aliphatic carbocycles. The van der Waals surface area contributed by atoms with Crippen LogP contribution >= 0.6 is 15.9 Å². The standard InChI is InChI=1S/C14H12BrNO4/c1-9-6-11(15)7-13(16(18)19)14(9)20-12-4-2-10(8-17)3-5-12/h2-7,17H,8H2,1H3. The second kappa shape index (κ2) is 6.02. The maximum Gasteiger partial charge on any atom is 0.312 e. The van der Waals surface area contributed by atoms with Crippen molar-refractivity contribution >= 4 is 21.6 Å². The molecule has 20 heavy (non-hydrogen) atoms. The minimum absolute atomic E-state index is 0.0578. The van der Waals surface area contributed by atoms with E-state index in [1.54, 1.807) is 37.3 Å². The second-order valence-electron chi connectivity index (χ2n) is 4.23. The van der Waals surface area contributed by atoms with Gasteiger partial charge in [-0.25, -0.2) is 0 Å². The van der Waals surface area contributed by atoms with Crippen LogP contribution in [0.4, 0.5) is 5.69 Å². The van der Waals surface area contributed by atoms with Crippen molar-refractivity contribution < 1.29 is 14.8 Å². The van der Waals surface area contributed by atoms with Crippen molar-refractivity contribution in [2.24, 2.45) is 0 Å². The summed E-state index contributed by atoms with van der Waals surface area (Å²) in [5.41, 5.74) is 1.32. The molecule has 2 rings (SSSR count). The van der Waals surface area contributed by atoms with Gasteiger partial charge in [-0.15, -0.1) is 0 Å². The van der Waals surface area contributed by atoms with E-state index >= 15 is 0 Å². The van der Waals surface area contributed by atoms with Crippen LogP contribution in [0.2, 0.25) is 0 Å². The predicted octanol–water partition coefficient (Wildman–Crippen LogP) is 3.95. The second-order valence-corrected chi connectivity index (χ2v) is 5.15. The van der Waals surface area contributed by atoms with Crippen LogP contribution in [0.15, 0.2) is 40.9 Å². The average Bonchev–Trinajstić information content (AvgIpc) is 2.42. The molecule has 0 unspecified atom stereocenters. The van der Waals surface area contributed by atoms with E-state index < -0.39 is 4.92 Å². The lowest BCUT2D eigenvalue weighted by molar-refractivity contribution is -0.385. The van der Waals surface area contributed by atoms with Crippen LogP contribution in [0.3, 0.4) is 0 Å². The average molecular weight is 338 g/mol. The molecule has 0 spiro atoms. The maximum absolute atomic E-state index is 11.1. The molecule has 0 radical (unpaired) electrons. The van der Waals surface area contributed by atoms with Crippen molar-refractivity contribution in [1.29, 1.82) is 0 Å². The van der Waals surface area contributed by atoms with Gasteiger partial charge in [-0.2, -0.15) is 0 Å². The quantitative estimate of drug-likeness (QED) is 0.677. The van der Waals surface area contributed by atoms with Crippen molar-refractivity contribution in [2.75, 3.05) is 0 Å². The number of nitro benzene ring substituents is 1. The summed E-state index contributed by atoms with van der Waals surface area (Å²) in [6.45, 7) is 1.69. The van der Waals surface area contributed by atoms with Gasteiger partial charge in [0.15, 0.2) is 0 Å². The molecule has 0 fully saturated rings. The van der Waals surface area contributed by atoms with E-state index in [-0.39, 0.29) is 18.0 Å². The van der Waals surface area contributed by atoms with Gasteiger partial charge in [-0.05, 0) is 36.2 Å². The van der Waals surface area contributed by atoms with E-state index in [9.17, 15) is 10.1 Å². The number of nitrogens with zero attached hydrogens (tertiary/aromatic N) is 1. The van der Waals surface area contributed by atoms with Gasteiger partial charge in [0.05, 0.1) is 11.5 Å². The molecule has 0 aliphatic rings. The van der Waals surface area contributed by atoms with Crippen molar-refractivity contribution in [2.45, 2.75) is 13.5 Å². The molecule has 104 valence electrons. The van der Waals surface area contributed by atoms with Gasteiger partial charge < -0.3 is 9.84 Å². The fraction of sp³-hybridized carbons (Fsp3) is 0.143. The minimum atomic E-state index is -0.477. The molecule has 0 atom stereocenters. The third-order valence-corrected chi connectivity index (χ3v) is 3.20. The van der Waals surface area contributed by atoms with Gasteiger partial charge in [-0.1, -0.05) is 28.1 Å². The Morgan fingerprint density at radius 3 is 2.50 bits per heavy atom. The topological polar surface area (TPSA) is 72.6 Å². The van der Waals surface area contributed by atoms with Crippen molar-refractivity contribution in [3.05, 3.63) is 62.1 Å². The highest BCUT2D eigenvalue weighted by Crippen LogP contribution is 2.37. The summed E-state index contributed by atoms with van der Waals surface area (Å²) in [4.78, 5) is 10.6. The van der Waals surface area contributed by atoms with Crippen molar-refractivity contribution in [3.63, 3.8) is 0 Å². The molecular formula is C14H12BrNO4. The number of benzene rings is 2. The summed E-state index contributed by atoms with van der Waals surface area (Å²) < 4.78 is 6.24. The molecule has 6 heteroatoms. The number of hydrogen-bond donors (Lipinski definition) is 1. The van der Waals surface area contributed by atoms with E-state index in [2.05, 4.69) is 15.9 Å². The van der Waals surface area contributed by atoms with Crippen molar-refractivity contribution in [1.82, 2.24) is 0 Å². The number of aliphatic hydroxyl groups is 1. The number of ether oxygens (including phenoxy) is 1. The minimum Gasteiger partial charge on any atom is -0.450 e. The summed E-state index contributed by atoms with van der Waals surface area (Å²) >= 11 is 3.23. The Hall–Kier alpha value is -1.92. The summed E-state index contributed by atoms with van der Waals surface area (Å²) in [5.74, 6) is 0.700. The van der Waals surface area contributed by atoms with E-state index in [4.69, 9.17) is 9.84 Å². The van der Waals surface area contributed by atoms with Crippen LogP contribution in [-0.4, -0.2) is 10.0 Å². The zero-order valence-electron chi connectivity index (χ0n) is 10.7. The normalized spacial score (nSPS) is 10.3. The molecule has 0 bridgehead atoms. The molecule has 0 saturated carbocycles. The molecule has 0 aliphatic heterocycles. The number of halogens is 1. The third kappa shape index (κ3) is 3.15. The first-order valence-corrected chi connectivity index (χ1v) is 6.62. The first-order valence-electron chi connectivity index (χ1n) is 5.83. The lowest BCUT2D eigenvalue weighted by Gasteiger charge is -2.10. The largest absolute Gasteiger partial charge is 0.450 e. The molecule has 0 amide bonds. The zero-order chi connectivity index (χ0) is 14.7. The van der Waals surface area contributed by atoms with Crippen LogP contribution in [0.1, 0.15) is 11.1 Å². The highest BCUT2D eigenvalue weighted by molar-refractivity contribution is 9.10. The van der Waals surface area contributed by atoms with E-state index in [0.29, 0.717) is 15.8 Å². The Morgan fingerprint density at radius 1 is 1.30 bits per heavy atom. The Labute approximate surface area is 124 Å². The van der Waals surface area contributed by atoms with Gasteiger partial charge in [0.25, 0.3) is 0 Å². The maximum atomic E-state index is 11.1. The zero-order valence-corrected chi connectivity index (χ0v) is 12.3. The van der Waals surface area contributed by atoms with Gasteiger partial charge in [0.1, 0.15) is 5.75 Å². The number of hydrogen-bond acceptors (Lipinski definition) is 4. The Morgan fingerprint density at radius 2 is 1.95 bits per heavy atom. The Kier molecular flexibility index (Phi) is 4.36. The first-order chi connectivity index (χ1) is 9.51. The lowest BCUT2D eigenvalue weighted by atomic mass is 10.2. The number of aryl methyl sites for hydroxylation is 1. The van der Waals surface area contributed by atoms with Gasteiger partial charge in [0, 0.05) is 10.5 Å². The third-order valence-electron chi connectivity index (χ3n) is 2.74. The molecule has 0 saturated heterocycles. The highest BCUT2D eigenvalue weighted by Gasteiger charge is 2.19. The van der Waals surface area contributed by atoms with Crippen LogP contribution in [0.25, 0.3) is 0 Å². The fourth-order valence-corrected chi connectivity index (χ4v) is 2.32. The molecule has 5 nitrogen and oxygen atoms in total. The molecule has 0 heterocycles. The molecule has 2 aromatic rings. The molecule has 0 aromatic heterocycles. The van der Waals surface area contributed by atoms with E-state index in [1.807, 2.05) is 0 Å². The number of aliphatic hydroxyl groups excluding tert-OH is 1. The van der Waals surface area contributed by atoms with Crippen molar-refractivity contribution in [3.8, 4) is 11.5 Å². The van der Waals surface area contributed by atoms with Gasteiger partial charge in [-0.3, -0.25) is 10.1 Å². The van der Waals surface area contributed by atoms with E-state index in [1.165, 1.54) is 6.07 Å². The van der Waals surface area contributed by atoms with Crippen LogP contribution in [-0.2, 0) is 6.61 Å². The SMILES string of the molecule is Cc1cc(Br)cc([N+](=O)[O-])c1Oc1ccc(CO)cc1. The monoisotopic (exact) mass is 337 g/mol.